The van der Waals surface area contributed by atoms with Crippen molar-refractivity contribution in [2.75, 3.05) is 0 Å². The normalized spacial score (nSPS) is 17.2. The molecule has 13 heavy (non-hydrogen) atoms. The first kappa shape index (κ1) is 12.5. The predicted octanol–water partition coefficient (Wildman–Crippen LogP) is 1.02. The van der Waals surface area contributed by atoms with Gasteiger partial charge in [0, 0.05) is 0 Å². The van der Waals surface area contributed by atoms with E-state index in [9.17, 15) is 39.3 Å². The van der Waals surface area contributed by atoms with Crippen molar-refractivity contribution in [3.8, 4) is 0 Å². The molecule has 0 radical (unpaired) electrons. The molecule has 0 aromatic heterocycles. The molecule has 0 bridgehead atoms. The number of hydrogen-bond acceptors (Lipinski definition) is 3. The summed E-state index contributed by atoms with van der Waals surface area (Å²) >= 11 is 0. The van der Waals surface area contributed by atoms with Crippen molar-refractivity contribution in [3.63, 3.8) is 0 Å². The standard InChI is InChI=1S/C3H2F6O3S/c4-1(13(10,11)12)2(5,6)3(7,8)9/h1H,(H,10,11,12)/p-1. The van der Waals surface area contributed by atoms with Gasteiger partial charge < -0.3 is 4.55 Å². The van der Waals surface area contributed by atoms with E-state index in [-0.39, 0.29) is 0 Å². The first-order valence-electron chi connectivity index (χ1n) is 2.44. The smallest absolute Gasteiger partial charge is 0.457 e. The van der Waals surface area contributed by atoms with Crippen molar-refractivity contribution in [1.82, 2.24) is 0 Å². The van der Waals surface area contributed by atoms with E-state index in [1.807, 2.05) is 0 Å². The highest BCUT2D eigenvalue weighted by Gasteiger charge is 2.65. The Morgan fingerprint density at radius 2 is 1.38 bits per heavy atom. The third kappa shape index (κ3) is 2.46. The second kappa shape index (κ2) is 3.01. The minimum Gasteiger partial charge on any atom is -0.746 e. The monoisotopic (exact) mass is 231 g/mol. The minimum atomic E-state index is -6.41. The Kier molecular flexibility index (Phi) is 2.89. The molecule has 0 aliphatic carbocycles. The third-order valence-electron chi connectivity index (χ3n) is 0.916. The molecule has 1 atom stereocenters. The summed E-state index contributed by atoms with van der Waals surface area (Å²) in [5.41, 5.74) is -4.82. The maximum absolute atomic E-state index is 11.8. The molecule has 10 heteroatoms. The van der Waals surface area contributed by atoms with Crippen molar-refractivity contribution in [2.45, 2.75) is 17.6 Å². The molecule has 0 aromatic carbocycles. The third-order valence-corrected chi connectivity index (χ3v) is 1.72. The van der Waals surface area contributed by atoms with Gasteiger partial charge in [0.05, 0.1) is 0 Å². The van der Waals surface area contributed by atoms with Gasteiger partial charge in [0.25, 0.3) is 5.50 Å². The van der Waals surface area contributed by atoms with Crippen LogP contribution < -0.4 is 0 Å². The average molecular weight is 231 g/mol. The lowest BCUT2D eigenvalue weighted by molar-refractivity contribution is -0.293. The summed E-state index contributed by atoms with van der Waals surface area (Å²) in [5.74, 6) is -6.19. The van der Waals surface area contributed by atoms with Crippen molar-refractivity contribution >= 4 is 10.1 Å². The van der Waals surface area contributed by atoms with Gasteiger partial charge >= 0.3 is 12.1 Å². The second-order valence-corrected chi connectivity index (χ2v) is 3.33. The molecule has 0 fully saturated rings. The fourth-order valence-electron chi connectivity index (χ4n) is 0.310. The van der Waals surface area contributed by atoms with Crippen molar-refractivity contribution in [1.29, 1.82) is 0 Å². The lowest BCUT2D eigenvalue weighted by atomic mass is 10.4. The fourth-order valence-corrected chi connectivity index (χ4v) is 0.806. The number of halogens is 6. The molecule has 1 unspecified atom stereocenters. The van der Waals surface area contributed by atoms with Crippen LogP contribution in [0.4, 0.5) is 26.3 Å². The maximum Gasteiger partial charge on any atom is 0.457 e. The van der Waals surface area contributed by atoms with Gasteiger partial charge in [-0.3, -0.25) is 0 Å². The molecule has 0 saturated heterocycles. The lowest BCUT2D eigenvalue weighted by Gasteiger charge is -2.24. The SMILES string of the molecule is O=S(=O)([O-])C(F)C(F)(F)C(F)(F)F. The van der Waals surface area contributed by atoms with Gasteiger partial charge in [-0.15, -0.1) is 0 Å². The van der Waals surface area contributed by atoms with Crippen molar-refractivity contribution < 1.29 is 39.3 Å². The summed E-state index contributed by atoms with van der Waals surface area (Å²) in [6, 6.07) is 0. The van der Waals surface area contributed by atoms with Crippen molar-refractivity contribution in [2.24, 2.45) is 0 Å². The highest BCUT2D eigenvalue weighted by atomic mass is 32.2. The zero-order valence-electron chi connectivity index (χ0n) is 5.48. The van der Waals surface area contributed by atoms with Crippen LogP contribution in [0.15, 0.2) is 0 Å². The summed E-state index contributed by atoms with van der Waals surface area (Å²) in [7, 11) is -6.33. The van der Waals surface area contributed by atoms with E-state index >= 15 is 0 Å². The van der Waals surface area contributed by atoms with Gasteiger partial charge in [-0.05, 0) is 0 Å². The van der Waals surface area contributed by atoms with E-state index in [0.717, 1.165) is 0 Å². The quantitative estimate of drug-likeness (QED) is 0.526. The molecule has 0 amide bonds. The van der Waals surface area contributed by atoms with Gasteiger partial charge in [0.1, 0.15) is 10.1 Å². The Hall–Kier alpha value is -0.510. The van der Waals surface area contributed by atoms with Crippen LogP contribution in [0.1, 0.15) is 0 Å². The van der Waals surface area contributed by atoms with Crippen LogP contribution in [0.3, 0.4) is 0 Å². The molecule has 0 aliphatic rings. The maximum atomic E-state index is 11.8. The Labute approximate surface area is 68.1 Å². The zero-order valence-corrected chi connectivity index (χ0v) is 6.29. The van der Waals surface area contributed by atoms with E-state index in [2.05, 4.69) is 0 Å². The Balaban J connectivity index is 5.09. The Bertz CT molecular complexity index is 278. The van der Waals surface area contributed by atoms with Gasteiger partial charge in [-0.25, -0.2) is 12.8 Å². The van der Waals surface area contributed by atoms with Crippen molar-refractivity contribution in [3.05, 3.63) is 0 Å². The van der Waals surface area contributed by atoms with E-state index < -0.39 is 27.7 Å². The number of rotatable bonds is 2. The summed E-state index contributed by atoms with van der Waals surface area (Å²) in [5, 5.41) is 0. The highest BCUT2D eigenvalue weighted by molar-refractivity contribution is 7.86. The largest absolute Gasteiger partial charge is 0.746 e. The van der Waals surface area contributed by atoms with Crippen LogP contribution in [0.2, 0.25) is 0 Å². The Morgan fingerprint density at radius 3 is 1.46 bits per heavy atom. The highest BCUT2D eigenvalue weighted by Crippen LogP contribution is 2.40. The van der Waals surface area contributed by atoms with Gasteiger partial charge in [0.2, 0.25) is 0 Å². The molecule has 0 spiro atoms. The minimum absolute atomic E-state index is 4.82. The molecule has 3 nitrogen and oxygen atoms in total. The molecule has 0 aromatic rings. The van der Waals surface area contributed by atoms with E-state index in [1.165, 1.54) is 0 Å². The summed E-state index contributed by atoms with van der Waals surface area (Å²) < 4.78 is 97.5. The molecule has 0 saturated carbocycles. The van der Waals surface area contributed by atoms with E-state index in [0.29, 0.717) is 0 Å². The molecule has 80 valence electrons. The van der Waals surface area contributed by atoms with Crippen LogP contribution in [-0.4, -0.2) is 30.6 Å². The topological polar surface area (TPSA) is 57.2 Å². The molecular weight excluding hydrogens is 230 g/mol. The van der Waals surface area contributed by atoms with Crippen LogP contribution in [0.5, 0.6) is 0 Å². The Morgan fingerprint density at radius 1 is 1.08 bits per heavy atom. The van der Waals surface area contributed by atoms with Gasteiger partial charge in [-0.2, -0.15) is 22.0 Å². The summed E-state index contributed by atoms with van der Waals surface area (Å²) in [4.78, 5) is 0. The van der Waals surface area contributed by atoms with E-state index in [1.54, 1.807) is 0 Å². The molecule has 0 rings (SSSR count). The fraction of sp³-hybridized carbons (Fsp3) is 1.00. The van der Waals surface area contributed by atoms with Gasteiger partial charge in [-0.1, -0.05) is 0 Å². The van der Waals surface area contributed by atoms with Gasteiger partial charge in [0.15, 0.2) is 0 Å². The van der Waals surface area contributed by atoms with Crippen LogP contribution >= 0.6 is 0 Å². The van der Waals surface area contributed by atoms with Crippen LogP contribution in [0.25, 0.3) is 0 Å². The molecule has 0 heterocycles. The number of alkyl halides is 6. The molecule has 0 aliphatic heterocycles. The first-order valence-corrected chi connectivity index (χ1v) is 3.91. The average Bonchev–Trinajstić information content (AvgIpc) is 1.81. The number of hydrogen-bond donors (Lipinski definition) is 0. The van der Waals surface area contributed by atoms with E-state index in [4.69, 9.17) is 0 Å². The molecular formula is C3HF6O3S-. The first-order chi connectivity index (χ1) is 5.40. The second-order valence-electron chi connectivity index (χ2n) is 1.93. The predicted molar refractivity (Wildman–Crippen MR) is 25.6 cm³/mol. The lowest BCUT2D eigenvalue weighted by Crippen LogP contribution is -2.48. The van der Waals surface area contributed by atoms with Crippen LogP contribution in [0, 0.1) is 0 Å². The molecule has 0 N–H and O–H groups in total. The zero-order chi connectivity index (χ0) is 11.1. The summed E-state index contributed by atoms with van der Waals surface area (Å²) in [6.07, 6.45) is -6.41. The summed E-state index contributed by atoms with van der Waals surface area (Å²) in [6.45, 7) is 0. The van der Waals surface area contributed by atoms with Crippen LogP contribution in [-0.2, 0) is 10.1 Å².